The molecule has 1 amide bonds. The van der Waals surface area contributed by atoms with Crippen LogP contribution in [0.25, 0.3) is 0 Å². The van der Waals surface area contributed by atoms with Crippen LogP contribution in [0.15, 0.2) is 0 Å². The monoisotopic (exact) mass is 245 g/mol. The first-order chi connectivity index (χ1) is 7.79. The molecule has 0 saturated carbocycles. The van der Waals surface area contributed by atoms with Crippen LogP contribution in [-0.2, 0) is 14.3 Å². The second-order valence-electron chi connectivity index (χ2n) is 5.06. The van der Waals surface area contributed by atoms with E-state index in [0.29, 0.717) is 13.0 Å². The third-order valence-electron chi connectivity index (χ3n) is 2.37. The number of carbonyl (C=O) groups excluding carboxylic acids is 1. The van der Waals surface area contributed by atoms with Gasteiger partial charge in [0.1, 0.15) is 5.60 Å². The second-order valence-corrected chi connectivity index (χ2v) is 5.06. The van der Waals surface area contributed by atoms with Gasteiger partial charge in [-0.3, -0.25) is 0 Å². The molecule has 0 aromatic heterocycles. The van der Waals surface area contributed by atoms with E-state index in [4.69, 9.17) is 14.6 Å². The average molecular weight is 245 g/mol. The van der Waals surface area contributed by atoms with Gasteiger partial charge in [-0.25, -0.2) is 9.59 Å². The molecule has 98 valence electrons. The van der Waals surface area contributed by atoms with E-state index in [-0.39, 0.29) is 12.5 Å². The Morgan fingerprint density at radius 3 is 2.65 bits per heavy atom. The molecule has 6 heteroatoms. The minimum absolute atomic E-state index is 0.194. The van der Waals surface area contributed by atoms with Crippen LogP contribution in [0.3, 0.4) is 0 Å². The fourth-order valence-corrected chi connectivity index (χ4v) is 1.64. The van der Waals surface area contributed by atoms with E-state index >= 15 is 0 Å². The molecular weight excluding hydrogens is 226 g/mol. The number of carboxylic acid groups (broad SMARTS) is 1. The summed E-state index contributed by atoms with van der Waals surface area (Å²) < 4.78 is 10.1. The Kier molecular flexibility index (Phi) is 4.34. The van der Waals surface area contributed by atoms with Crippen LogP contribution in [0, 0.1) is 5.92 Å². The van der Waals surface area contributed by atoms with E-state index in [1.165, 1.54) is 0 Å². The second kappa shape index (κ2) is 5.35. The summed E-state index contributed by atoms with van der Waals surface area (Å²) in [5.41, 5.74) is -0.553. The number of amides is 1. The first-order valence-electron chi connectivity index (χ1n) is 5.61. The fourth-order valence-electron chi connectivity index (χ4n) is 1.64. The van der Waals surface area contributed by atoms with Gasteiger partial charge in [-0.05, 0) is 27.2 Å². The number of rotatable bonds is 3. The predicted octanol–water partition coefficient (Wildman–Crippen LogP) is 1.00. The van der Waals surface area contributed by atoms with Crippen molar-refractivity contribution in [3.05, 3.63) is 0 Å². The normalized spacial score (nSPS) is 24.4. The largest absolute Gasteiger partial charge is 0.479 e. The summed E-state index contributed by atoms with van der Waals surface area (Å²) in [6.07, 6.45) is -0.731. The minimum atomic E-state index is -0.988. The lowest BCUT2D eigenvalue weighted by atomic mass is 10.0. The SMILES string of the molecule is CC(C)(C)OC(=O)NCC1CCOC1C(=O)O. The Morgan fingerprint density at radius 2 is 2.12 bits per heavy atom. The molecule has 2 unspecified atom stereocenters. The van der Waals surface area contributed by atoms with Crippen LogP contribution in [0.5, 0.6) is 0 Å². The van der Waals surface area contributed by atoms with Crippen molar-refractivity contribution in [2.75, 3.05) is 13.2 Å². The summed E-state index contributed by atoms with van der Waals surface area (Å²) in [7, 11) is 0. The predicted molar refractivity (Wildman–Crippen MR) is 59.7 cm³/mol. The van der Waals surface area contributed by atoms with Crippen LogP contribution < -0.4 is 5.32 Å². The molecule has 1 rings (SSSR count). The summed E-state index contributed by atoms with van der Waals surface area (Å²) in [5, 5.41) is 11.4. The molecule has 2 atom stereocenters. The highest BCUT2D eigenvalue weighted by molar-refractivity contribution is 5.73. The molecule has 0 aromatic rings. The molecule has 1 fully saturated rings. The molecule has 0 bridgehead atoms. The lowest BCUT2D eigenvalue weighted by molar-refractivity contribution is -0.149. The van der Waals surface area contributed by atoms with Crippen molar-refractivity contribution < 1.29 is 24.2 Å². The summed E-state index contributed by atoms with van der Waals surface area (Å²) in [6, 6.07) is 0. The summed E-state index contributed by atoms with van der Waals surface area (Å²) in [6.45, 7) is 5.98. The number of alkyl carbamates (subject to hydrolysis) is 1. The summed E-state index contributed by atoms with van der Waals surface area (Å²) >= 11 is 0. The van der Waals surface area contributed by atoms with Gasteiger partial charge in [-0.15, -0.1) is 0 Å². The molecule has 6 nitrogen and oxygen atoms in total. The van der Waals surface area contributed by atoms with Gasteiger partial charge in [0.05, 0.1) is 0 Å². The summed E-state index contributed by atoms with van der Waals surface area (Å²) in [5.74, 6) is -1.18. The van der Waals surface area contributed by atoms with Gasteiger partial charge in [-0.1, -0.05) is 0 Å². The van der Waals surface area contributed by atoms with Crippen molar-refractivity contribution in [2.45, 2.75) is 38.9 Å². The highest BCUT2D eigenvalue weighted by Crippen LogP contribution is 2.20. The van der Waals surface area contributed by atoms with E-state index in [1.54, 1.807) is 20.8 Å². The van der Waals surface area contributed by atoms with Gasteiger partial charge in [0.2, 0.25) is 0 Å². The molecular formula is C11H19NO5. The van der Waals surface area contributed by atoms with Crippen molar-refractivity contribution >= 4 is 12.1 Å². The number of ether oxygens (including phenoxy) is 2. The zero-order chi connectivity index (χ0) is 13.1. The summed E-state index contributed by atoms with van der Waals surface area (Å²) in [4.78, 5) is 22.2. The van der Waals surface area contributed by atoms with Crippen LogP contribution in [0.4, 0.5) is 4.79 Å². The average Bonchev–Trinajstić information content (AvgIpc) is 2.59. The van der Waals surface area contributed by atoms with E-state index < -0.39 is 23.8 Å². The maximum atomic E-state index is 11.4. The van der Waals surface area contributed by atoms with Gasteiger partial charge in [0.15, 0.2) is 6.10 Å². The van der Waals surface area contributed by atoms with E-state index in [1.807, 2.05) is 0 Å². The molecule has 0 radical (unpaired) electrons. The van der Waals surface area contributed by atoms with E-state index in [2.05, 4.69) is 5.32 Å². The van der Waals surface area contributed by atoms with Crippen LogP contribution in [0.2, 0.25) is 0 Å². The molecule has 1 aliphatic rings. The third-order valence-corrected chi connectivity index (χ3v) is 2.37. The molecule has 2 N–H and O–H groups in total. The molecule has 0 spiro atoms. The first kappa shape index (κ1) is 13.8. The maximum absolute atomic E-state index is 11.4. The molecule has 0 aromatic carbocycles. The quantitative estimate of drug-likeness (QED) is 0.774. The smallest absolute Gasteiger partial charge is 0.407 e. The van der Waals surface area contributed by atoms with Gasteiger partial charge in [0.25, 0.3) is 0 Å². The highest BCUT2D eigenvalue weighted by Gasteiger charge is 2.34. The lowest BCUT2D eigenvalue weighted by Gasteiger charge is -2.21. The lowest BCUT2D eigenvalue weighted by Crippen LogP contribution is -2.39. The molecule has 1 aliphatic heterocycles. The molecule has 1 saturated heterocycles. The van der Waals surface area contributed by atoms with Crippen LogP contribution in [0.1, 0.15) is 27.2 Å². The van der Waals surface area contributed by atoms with Crippen LogP contribution >= 0.6 is 0 Å². The van der Waals surface area contributed by atoms with E-state index in [9.17, 15) is 9.59 Å². The number of carbonyl (C=O) groups is 2. The van der Waals surface area contributed by atoms with Crippen molar-refractivity contribution in [2.24, 2.45) is 5.92 Å². The van der Waals surface area contributed by atoms with Crippen molar-refractivity contribution in [3.8, 4) is 0 Å². The molecule has 1 heterocycles. The number of carboxylic acids is 1. The number of aliphatic carboxylic acids is 1. The fraction of sp³-hybridized carbons (Fsp3) is 0.818. The molecule has 17 heavy (non-hydrogen) atoms. The van der Waals surface area contributed by atoms with Crippen molar-refractivity contribution in [1.82, 2.24) is 5.32 Å². The van der Waals surface area contributed by atoms with Gasteiger partial charge >= 0.3 is 12.1 Å². The van der Waals surface area contributed by atoms with Gasteiger partial charge in [-0.2, -0.15) is 0 Å². The van der Waals surface area contributed by atoms with Crippen molar-refractivity contribution in [3.63, 3.8) is 0 Å². The number of hydrogen-bond donors (Lipinski definition) is 2. The Morgan fingerprint density at radius 1 is 1.47 bits per heavy atom. The van der Waals surface area contributed by atoms with Gasteiger partial charge < -0.3 is 19.9 Å². The zero-order valence-electron chi connectivity index (χ0n) is 10.4. The molecule has 0 aliphatic carbocycles. The Hall–Kier alpha value is -1.30. The Labute approximate surface area is 100 Å². The number of nitrogens with one attached hydrogen (secondary N) is 1. The zero-order valence-corrected chi connectivity index (χ0v) is 10.4. The number of hydrogen-bond acceptors (Lipinski definition) is 4. The van der Waals surface area contributed by atoms with Crippen LogP contribution in [-0.4, -0.2) is 42.0 Å². The van der Waals surface area contributed by atoms with E-state index in [0.717, 1.165) is 0 Å². The minimum Gasteiger partial charge on any atom is -0.479 e. The Bertz CT molecular complexity index is 297. The van der Waals surface area contributed by atoms with Gasteiger partial charge in [0, 0.05) is 19.1 Å². The maximum Gasteiger partial charge on any atom is 0.407 e. The first-order valence-corrected chi connectivity index (χ1v) is 5.61. The Balaban J connectivity index is 2.35. The third kappa shape index (κ3) is 4.60. The highest BCUT2D eigenvalue weighted by atomic mass is 16.6. The standard InChI is InChI=1S/C11H19NO5/c1-11(2,3)17-10(15)12-6-7-4-5-16-8(7)9(13)14/h7-8H,4-6H2,1-3H3,(H,12,15)(H,13,14). The van der Waals surface area contributed by atoms with Crippen molar-refractivity contribution in [1.29, 1.82) is 0 Å². The topological polar surface area (TPSA) is 84.9 Å².